The quantitative estimate of drug-likeness (QED) is 0.297. The molecular formula is C8H19NO4. The Morgan fingerprint density at radius 1 is 1.31 bits per heavy atom. The predicted molar refractivity (Wildman–Crippen MR) is 48.2 cm³/mol. The molecule has 0 saturated heterocycles. The fourth-order valence-electron chi connectivity index (χ4n) is 0.609. The number of ether oxygens (including phenoxy) is 1. The minimum atomic E-state index is -0.830. The third-order valence-corrected chi connectivity index (χ3v) is 1.75. The molecule has 0 bridgehead atoms. The van der Waals surface area contributed by atoms with Crippen molar-refractivity contribution in [2.45, 2.75) is 32.1 Å². The Bertz CT molecular complexity index is 121. The first-order valence-electron chi connectivity index (χ1n) is 4.36. The Hall–Kier alpha value is -0.200. The van der Waals surface area contributed by atoms with Crippen molar-refractivity contribution in [3.05, 3.63) is 0 Å². The molecule has 0 amide bonds. The van der Waals surface area contributed by atoms with Crippen LogP contribution in [0.25, 0.3) is 0 Å². The van der Waals surface area contributed by atoms with Gasteiger partial charge in [-0.1, -0.05) is 0 Å². The average Bonchev–Trinajstić information content (AvgIpc) is 2.11. The van der Waals surface area contributed by atoms with E-state index in [4.69, 9.17) is 20.1 Å². The molecule has 0 aromatic carbocycles. The van der Waals surface area contributed by atoms with Crippen LogP contribution in [-0.4, -0.2) is 53.5 Å². The van der Waals surface area contributed by atoms with Gasteiger partial charge in [0, 0.05) is 6.04 Å². The van der Waals surface area contributed by atoms with E-state index in [1.54, 1.807) is 6.92 Å². The van der Waals surface area contributed by atoms with Crippen molar-refractivity contribution in [2.75, 3.05) is 19.9 Å². The first kappa shape index (κ1) is 12.8. The van der Waals surface area contributed by atoms with Crippen molar-refractivity contribution < 1.29 is 20.1 Å². The van der Waals surface area contributed by atoms with Crippen molar-refractivity contribution in [1.29, 1.82) is 0 Å². The largest absolute Gasteiger partial charge is 0.394 e. The standard InChI is InChI=1S/C8H19NO4/c1-6(7(2)11)9-5-13-4-8(12)3-10/h6-12H,3-5H2,1-2H3. The molecule has 0 aromatic heterocycles. The minimum Gasteiger partial charge on any atom is -0.394 e. The summed E-state index contributed by atoms with van der Waals surface area (Å²) in [6.45, 7) is 3.56. The molecule has 5 heteroatoms. The van der Waals surface area contributed by atoms with Gasteiger partial charge in [-0.05, 0) is 13.8 Å². The van der Waals surface area contributed by atoms with Crippen LogP contribution in [-0.2, 0) is 4.74 Å². The summed E-state index contributed by atoms with van der Waals surface area (Å²) >= 11 is 0. The van der Waals surface area contributed by atoms with Gasteiger partial charge in [-0.3, -0.25) is 5.32 Å². The molecule has 0 aliphatic rings. The Morgan fingerprint density at radius 2 is 1.92 bits per heavy atom. The molecule has 0 heterocycles. The van der Waals surface area contributed by atoms with Gasteiger partial charge in [-0.2, -0.15) is 0 Å². The number of nitrogens with one attached hydrogen (secondary N) is 1. The van der Waals surface area contributed by atoms with Crippen molar-refractivity contribution in [3.63, 3.8) is 0 Å². The number of hydrogen-bond acceptors (Lipinski definition) is 5. The zero-order chi connectivity index (χ0) is 10.3. The third-order valence-electron chi connectivity index (χ3n) is 1.75. The smallest absolute Gasteiger partial charge is 0.100 e. The van der Waals surface area contributed by atoms with Crippen LogP contribution >= 0.6 is 0 Å². The third kappa shape index (κ3) is 6.92. The van der Waals surface area contributed by atoms with E-state index in [1.807, 2.05) is 6.92 Å². The van der Waals surface area contributed by atoms with Crippen LogP contribution in [0.1, 0.15) is 13.8 Å². The van der Waals surface area contributed by atoms with Crippen LogP contribution in [0, 0.1) is 0 Å². The molecule has 5 nitrogen and oxygen atoms in total. The molecule has 0 fully saturated rings. The lowest BCUT2D eigenvalue weighted by Crippen LogP contribution is -2.37. The van der Waals surface area contributed by atoms with Crippen molar-refractivity contribution in [2.24, 2.45) is 0 Å². The highest BCUT2D eigenvalue weighted by molar-refractivity contribution is 4.63. The van der Waals surface area contributed by atoms with E-state index in [1.165, 1.54) is 0 Å². The first-order chi connectivity index (χ1) is 6.07. The van der Waals surface area contributed by atoms with Gasteiger partial charge in [0.25, 0.3) is 0 Å². The first-order valence-corrected chi connectivity index (χ1v) is 4.36. The predicted octanol–water partition coefficient (Wildman–Crippen LogP) is -1.33. The summed E-state index contributed by atoms with van der Waals surface area (Å²) in [7, 11) is 0. The van der Waals surface area contributed by atoms with Crippen molar-refractivity contribution in [3.8, 4) is 0 Å². The van der Waals surface area contributed by atoms with Crippen LogP contribution in [0.5, 0.6) is 0 Å². The maximum atomic E-state index is 9.07. The summed E-state index contributed by atoms with van der Waals surface area (Å²) < 4.78 is 4.97. The monoisotopic (exact) mass is 193 g/mol. The number of aliphatic hydroxyl groups is 3. The molecule has 80 valence electrons. The Morgan fingerprint density at radius 3 is 2.38 bits per heavy atom. The normalized spacial score (nSPS) is 18.2. The molecular weight excluding hydrogens is 174 g/mol. The fraction of sp³-hybridized carbons (Fsp3) is 1.00. The molecule has 0 aliphatic carbocycles. The Labute approximate surface area is 78.3 Å². The van der Waals surface area contributed by atoms with E-state index >= 15 is 0 Å². The van der Waals surface area contributed by atoms with Gasteiger partial charge in [0.1, 0.15) is 6.10 Å². The molecule has 0 aromatic rings. The van der Waals surface area contributed by atoms with Crippen molar-refractivity contribution >= 4 is 0 Å². The Kier molecular flexibility index (Phi) is 7.12. The molecule has 0 spiro atoms. The SMILES string of the molecule is CC(O)C(C)NCOCC(O)CO. The van der Waals surface area contributed by atoms with Gasteiger partial charge in [0.15, 0.2) is 0 Å². The second kappa shape index (κ2) is 7.23. The maximum Gasteiger partial charge on any atom is 0.100 e. The Balaban J connectivity index is 3.25. The summed E-state index contributed by atoms with van der Waals surface area (Å²) in [5.41, 5.74) is 0. The van der Waals surface area contributed by atoms with Gasteiger partial charge >= 0.3 is 0 Å². The number of hydrogen-bond donors (Lipinski definition) is 4. The van der Waals surface area contributed by atoms with Gasteiger partial charge in [-0.15, -0.1) is 0 Å². The molecule has 13 heavy (non-hydrogen) atoms. The van der Waals surface area contributed by atoms with E-state index in [9.17, 15) is 0 Å². The second-order valence-corrected chi connectivity index (χ2v) is 3.08. The zero-order valence-electron chi connectivity index (χ0n) is 8.10. The molecule has 3 unspecified atom stereocenters. The maximum absolute atomic E-state index is 9.07. The van der Waals surface area contributed by atoms with E-state index < -0.39 is 12.2 Å². The molecule has 0 saturated carbocycles. The van der Waals surface area contributed by atoms with E-state index in [2.05, 4.69) is 5.32 Å². The van der Waals surface area contributed by atoms with E-state index in [0.29, 0.717) is 0 Å². The van der Waals surface area contributed by atoms with Gasteiger partial charge in [0.05, 0.1) is 26.0 Å². The van der Waals surface area contributed by atoms with Crippen LogP contribution in [0.15, 0.2) is 0 Å². The molecule has 0 aliphatic heterocycles. The summed E-state index contributed by atoms with van der Waals surface area (Å²) in [4.78, 5) is 0. The molecule has 0 rings (SSSR count). The lowest BCUT2D eigenvalue weighted by molar-refractivity contribution is -0.00530. The summed E-state index contributed by atoms with van der Waals surface area (Å²) in [5, 5.41) is 29.3. The average molecular weight is 193 g/mol. The highest BCUT2D eigenvalue weighted by Crippen LogP contribution is 1.90. The van der Waals surface area contributed by atoms with E-state index in [-0.39, 0.29) is 26.0 Å². The summed E-state index contributed by atoms with van der Waals surface area (Å²) in [5.74, 6) is 0. The molecule has 4 N–H and O–H groups in total. The lowest BCUT2D eigenvalue weighted by atomic mass is 10.2. The van der Waals surface area contributed by atoms with Crippen LogP contribution in [0.4, 0.5) is 0 Å². The summed E-state index contributed by atoms with van der Waals surface area (Å²) in [6, 6.07) is -0.0498. The van der Waals surface area contributed by atoms with Crippen LogP contribution in [0.2, 0.25) is 0 Å². The van der Waals surface area contributed by atoms with Gasteiger partial charge in [-0.25, -0.2) is 0 Å². The lowest BCUT2D eigenvalue weighted by Gasteiger charge is -2.17. The second-order valence-electron chi connectivity index (χ2n) is 3.08. The van der Waals surface area contributed by atoms with Gasteiger partial charge in [0.2, 0.25) is 0 Å². The van der Waals surface area contributed by atoms with Crippen molar-refractivity contribution in [1.82, 2.24) is 5.32 Å². The number of rotatable bonds is 7. The van der Waals surface area contributed by atoms with E-state index in [0.717, 1.165) is 0 Å². The van der Waals surface area contributed by atoms with Crippen LogP contribution in [0.3, 0.4) is 0 Å². The highest BCUT2D eigenvalue weighted by atomic mass is 16.5. The summed E-state index contributed by atoms with van der Waals surface area (Å²) in [6.07, 6.45) is -1.27. The number of aliphatic hydroxyl groups excluding tert-OH is 3. The minimum absolute atomic E-state index is 0.0498. The molecule has 0 radical (unpaired) electrons. The van der Waals surface area contributed by atoms with Gasteiger partial charge < -0.3 is 20.1 Å². The highest BCUT2D eigenvalue weighted by Gasteiger charge is 2.07. The molecule has 3 atom stereocenters. The topological polar surface area (TPSA) is 82.0 Å². The fourth-order valence-corrected chi connectivity index (χ4v) is 0.609. The zero-order valence-corrected chi connectivity index (χ0v) is 8.10. The van der Waals surface area contributed by atoms with Crippen LogP contribution < -0.4 is 5.32 Å².